The van der Waals surface area contributed by atoms with E-state index in [1.807, 2.05) is 27.7 Å². The smallest absolute Gasteiger partial charge is 0.257 e. The highest BCUT2D eigenvalue weighted by molar-refractivity contribution is 6.04. The Morgan fingerprint density at radius 1 is 1.14 bits per heavy atom. The number of benzene rings is 1. The van der Waals surface area contributed by atoms with Crippen LogP contribution in [0.2, 0.25) is 0 Å². The van der Waals surface area contributed by atoms with Crippen LogP contribution in [0, 0.1) is 5.92 Å². The molecule has 0 radical (unpaired) electrons. The van der Waals surface area contributed by atoms with Crippen LogP contribution in [-0.4, -0.2) is 41.1 Å². The van der Waals surface area contributed by atoms with Gasteiger partial charge in [-0.25, -0.2) is 4.98 Å². The van der Waals surface area contributed by atoms with E-state index in [0.29, 0.717) is 29.6 Å². The summed E-state index contributed by atoms with van der Waals surface area (Å²) in [5.74, 6) is 1.33. The van der Waals surface area contributed by atoms with E-state index in [1.165, 1.54) is 25.4 Å². The Labute approximate surface area is 164 Å². The third-order valence-electron chi connectivity index (χ3n) is 3.58. The summed E-state index contributed by atoms with van der Waals surface area (Å²) in [6, 6.07) is 7.99. The van der Waals surface area contributed by atoms with Crippen molar-refractivity contribution in [1.29, 1.82) is 0 Å². The van der Waals surface area contributed by atoms with Gasteiger partial charge in [0.25, 0.3) is 5.91 Å². The second-order valence-electron chi connectivity index (χ2n) is 7.33. The van der Waals surface area contributed by atoms with E-state index in [4.69, 9.17) is 9.47 Å². The lowest BCUT2D eigenvalue weighted by atomic mass is 10.1. The molecule has 0 saturated heterocycles. The van der Waals surface area contributed by atoms with E-state index in [2.05, 4.69) is 10.3 Å². The number of aromatic nitrogens is 1. The molecule has 0 spiro atoms. The zero-order valence-corrected chi connectivity index (χ0v) is 16.8. The van der Waals surface area contributed by atoms with Gasteiger partial charge in [0.2, 0.25) is 5.69 Å². The molecule has 0 atom stereocenters. The molecule has 0 aliphatic rings. The SMILES string of the molecule is CC(C)COc1cc(OC(C)C)cc(C(=O)Nc2ccc([N+](C)(O)O)cn2)c1. The Balaban J connectivity index is 2.21. The summed E-state index contributed by atoms with van der Waals surface area (Å²) in [6.07, 6.45) is 1.22. The average molecular weight is 390 g/mol. The topological polar surface area (TPSA) is 101 Å². The zero-order chi connectivity index (χ0) is 20.9. The number of nitrogens with zero attached hydrogens (tertiary/aromatic N) is 2. The average Bonchev–Trinajstić information content (AvgIpc) is 2.59. The molecule has 28 heavy (non-hydrogen) atoms. The lowest BCUT2D eigenvalue weighted by Gasteiger charge is -2.15. The van der Waals surface area contributed by atoms with Gasteiger partial charge in [0.05, 0.1) is 18.9 Å². The molecule has 2 aromatic rings. The monoisotopic (exact) mass is 390 g/mol. The molecule has 1 heterocycles. The summed E-state index contributed by atoms with van der Waals surface area (Å²) in [6.45, 7) is 8.41. The fraction of sp³-hybridized carbons (Fsp3) is 0.400. The number of rotatable bonds is 8. The lowest BCUT2D eigenvalue weighted by molar-refractivity contribution is -0.272. The Morgan fingerprint density at radius 3 is 2.36 bits per heavy atom. The fourth-order valence-electron chi connectivity index (χ4n) is 2.29. The number of quaternary nitrogens is 1. The molecule has 0 aliphatic carbocycles. The minimum Gasteiger partial charge on any atom is -0.493 e. The molecule has 0 unspecified atom stereocenters. The minimum atomic E-state index is -1.34. The molecule has 1 aromatic heterocycles. The van der Waals surface area contributed by atoms with Crippen LogP contribution >= 0.6 is 0 Å². The summed E-state index contributed by atoms with van der Waals surface area (Å²) < 4.78 is 11.5. The molecule has 1 amide bonds. The van der Waals surface area contributed by atoms with E-state index in [0.717, 1.165) is 0 Å². The van der Waals surface area contributed by atoms with Gasteiger partial charge >= 0.3 is 0 Å². The number of ether oxygens (including phenoxy) is 2. The van der Waals surface area contributed by atoms with Crippen molar-refractivity contribution in [1.82, 2.24) is 9.79 Å². The molecular formula is C20H28N3O5+. The Hall–Kier alpha value is -2.68. The van der Waals surface area contributed by atoms with Crippen molar-refractivity contribution in [2.24, 2.45) is 5.92 Å². The minimum absolute atomic E-state index is 0.0464. The molecular weight excluding hydrogens is 362 g/mol. The summed E-state index contributed by atoms with van der Waals surface area (Å²) in [5, 5.41) is 21.7. The Bertz CT molecular complexity index is 798. The summed E-state index contributed by atoms with van der Waals surface area (Å²) in [7, 11) is 1.17. The molecule has 8 nitrogen and oxygen atoms in total. The predicted octanol–water partition coefficient (Wildman–Crippen LogP) is 3.87. The fourth-order valence-corrected chi connectivity index (χ4v) is 2.29. The normalized spacial score (nSPS) is 11.6. The van der Waals surface area contributed by atoms with E-state index in [1.54, 1.807) is 18.2 Å². The van der Waals surface area contributed by atoms with Crippen molar-refractivity contribution >= 4 is 17.4 Å². The van der Waals surface area contributed by atoms with Crippen molar-refractivity contribution in [2.45, 2.75) is 33.8 Å². The first-order chi connectivity index (χ1) is 13.0. The largest absolute Gasteiger partial charge is 0.493 e. The number of anilines is 1. The van der Waals surface area contributed by atoms with E-state index >= 15 is 0 Å². The first-order valence-electron chi connectivity index (χ1n) is 9.09. The van der Waals surface area contributed by atoms with Crippen molar-refractivity contribution in [3.63, 3.8) is 0 Å². The van der Waals surface area contributed by atoms with Crippen LogP contribution in [0.15, 0.2) is 36.5 Å². The van der Waals surface area contributed by atoms with Gasteiger partial charge in [0.15, 0.2) is 0 Å². The quantitative estimate of drug-likeness (QED) is 0.467. The standard InChI is InChI=1S/C20H27N3O5/c1-13(2)12-27-17-8-15(9-18(10-17)28-14(3)4)20(24)22-19-7-6-16(11-21-19)23(5,25)26/h6-11,13-14,25-26H,12H2,1-5H3/p+1. The first kappa shape index (κ1) is 21.6. The second-order valence-corrected chi connectivity index (χ2v) is 7.33. The Morgan fingerprint density at radius 2 is 1.82 bits per heavy atom. The number of pyridine rings is 1. The zero-order valence-electron chi connectivity index (χ0n) is 16.8. The number of hydroxylamine groups is 2. The highest BCUT2D eigenvalue weighted by Gasteiger charge is 2.20. The van der Waals surface area contributed by atoms with Gasteiger partial charge < -0.3 is 14.8 Å². The van der Waals surface area contributed by atoms with Gasteiger partial charge in [0.1, 0.15) is 24.4 Å². The summed E-state index contributed by atoms with van der Waals surface area (Å²) >= 11 is 0. The molecule has 3 N–H and O–H groups in total. The predicted molar refractivity (Wildman–Crippen MR) is 106 cm³/mol. The van der Waals surface area contributed by atoms with Crippen LogP contribution in [-0.2, 0) is 0 Å². The maximum absolute atomic E-state index is 12.7. The molecule has 8 heteroatoms. The molecule has 0 saturated carbocycles. The maximum Gasteiger partial charge on any atom is 0.257 e. The van der Waals surface area contributed by atoms with Crippen LogP contribution in [0.3, 0.4) is 0 Å². The molecule has 0 aliphatic heterocycles. The van der Waals surface area contributed by atoms with E-state index < -0.39 is 4.81 Å². The van der Waals surface area contributed by atoms with Gasteiger partial charge in [-0.15, -0.1) is 0 Å². The number of hydrogen-bond donors (Lipinski definition) is 3. The van der Waals surface area contributed by atoms with Crippen LogP contribution in [0.4, 0.5) is 11.5 Å². The van der Waals surface area contributed by atoms with Crippen LogP contribution in [0.1, 0.15) is 38.1 Å². The van der Waals surface area contributed by atoms with Crippen LogP contribution in [0.5, 0.6) is 11.5 Å². The van der Waals surface area contributed by atoms with Gasteiger partial charge in [-0.3, -0.25) is 4.79 Å². The van der Waals surface area contributed by atoms with E-state index in [9.17, 15) is 15.2 Å². The number of hydrogen-bond acceptors (Lipinski definition) is 6. The highest BCUT2D eigenvalue weighted by atomic mass is 16.8. The highest BCUT2D eigenvalue weighted by Crippen LogP contribution is 2.25. The van der Waals surface area contributed by atoms with Crippen molar-refractivity contribution < 1.29 is 24.7 Å². The Kier molecular flexibility index (Phi) is 6.95. The van der Waals surface area contributed by atoms with Crippen molar-refractivity contribution in [2.75, 3.05) is 19.0 Å². The number of carbonyl (C=O) groups excluding carboxylic acids is 1. The molecule has 1 aromatic carbocycles. The van der Waals surface area contributed by atoms with Crippen LogP contribution < -0.4 is 19.6 Å². The van der Waals surface area contributed by atoms with Gasteiger partial charge in [-0.1, -0.05) is 13.8 Å². The van der Waals surface area contributed by atoms with Crippen LogP contribution in [0.25, 0.3) is 0 Å². The molecule has 152 valence electrons. The van der Waals surface area contributed by atoms with Crippen molar-refractivity contribution in [3.05, 3.63) is 42.1 Å². The van der Waals surface area contributed by atoms with Crippen molar-refractivity contribution in [3.8, 4) is 11.5 Å². The third kappa shape index (κ3) is 6.49. The maximum atomic E-state index is 12.7. The number of nitrogens with one attached hydrogen (secondary N) is 1. The molecule has 2 rings (SSSR count). The van der Waals surface area contributed by atoms with Gasteiger partial charge in [-0.2, -0.15) is 10.4 Å². The number of carbonyl (C=O) groups is 1. The third-order valence-corrected chi connectivity index (χ3v) is 3.58. The lowest BCUT2D eigenvalue weighted by Crippen LogP contribution is -2.36. The molecule has 0 bridgehead atoms. The van der Waals surface area contributed by atoms with Gasteiger partial charge in [-0.05, 0) is 42.8 Å². The summed E-state index contributed by atoms with van der Waals surface area (Å²) in [5.41, 5.74) is 0.530. The second kappa shape index (κ2) is 9.01. The van der Waals surface area contributed by atoms with E-state index in [-0.39, 0.29) is 23.5 Å². The summed E-state index contributed by atoms with van der Waals surface area (Å²) in [4.78, 5) is 15.4. The number of amides is 1. The van der Waals surface area contributed by atoms with Gasteiger partial charge in [0, 0.05) is 17.7 Å². The first-order valence-corrected chi connectivity index (χ1v) is 9.09. The molecule has 0 fully saturated rings.